The zero-order valence-electron chi connectivity index (χ0n) is 8.56. The van der Waals surface area contributed by atoms with Crippen LogP contribution in [-0.4, -0.2) is 4.98 Å². The lowest BCUT2D eigenvalue weighted by molar-refractivity contribution is 0.295. The van der Waals surface area contributed by atoms with Crippen molar-refractivity contribution in [3.05, 3.63) is 52.6 Å². The quantitative estimate of drug-likeness (QED) is 0.939. The van der Waals surface area contributed by atoms with E-state index in [4.69, 9.17) is 10.5 Å². The zero-order chi connectivity index (χ0) is 11.4. The molecule has 1 heterocycles. The van der Waals surface area contributed by atoms with Crippen LogP contribution in [-0.2, 0) is 6.61 Å². The molecule has 0 saturated heterocycles. The van der Waals surface area contributed by atoms with Crippen molar-refractivity contribution in [1.82, 2.24) is 4.98 Å². The average Bonchev–Trinajstić information content (AvgIpc) is 2.30. The van der Waals surface area contributed by atoms with E-state index < -0.39 is 0 Å². The molecule has 82 valence electrons. The van der Waals surface area contributed by atoms with Gasteiger partial charge in [-0.2, -0.15) is 0 Å². The van der Waals surface area contributed by atoms with E-state index in [0.717, 1.165) is 10.0 Å². The minimum Gasteiger partial charge on any atom is -0.471 e. The Morgan fingerprint density at radius 2 is 2.00 bits per heavy atom. The molecule has 0 aliphatic heterocycles. The van der Waals surface area contributed by atoms with Gasteiger partial charge in [0.15, 0.2) is 0 Å². The Morgan fingerprint density at radius 3 is 2.75 bits per heavy atom. The summed E-state index contributed by atoms with van der Waals surface area (Å²) in [5, 5.41) is 0. The first kappa shape index (κ1) is 11.0. The summed E-state index contributed by atoms with van der Waals surface area (Å²) >= 11 is 3.46. The van der Waals surface area contributed by atoms with Crippen LogP contribution >= 0.6 is 15.9 Å². The Bertz CT molecular complexity index is 442. The van der Waals surface area contributed by atoms with Crippen LogP contribution < -0.4 is 10.5 Å². The summed E-state index contributed by atoms with van der Waals surface area (Å²) in [7, 11) is 0. The van der Waals surface area contributed by atoms with Crippen LogP contribution in [0.2, 0.25) is 0 Å². The third-order valence-corrected chi connectivity index (χ3v) is 2.90. The molecule has 3 nitrogen and oxygen atoms in total. The average molecular weight is 279 g/mol. The zero-order valence-corrected chi connectivity index (χ0v) is 10.1. The molecule has 1 aromatic heterocycles. The van der Waals surface area contributed by atoms with Crippen LogP contribution in [0.4, 0.5) is 5.69 Å². The molecule has 0 atom stereocenters. The predicted molar refractivity (Wildman–Crippen MR) is 67.1 cm³/mol. The van der Waals surface area contributed by atoms with Gasteiger partial charge >= 0.3 is 0 Å². The normalized spacial score (nSPS) is 10.1. The largest absolute Gasteiger partial charge is 0.471 e. The van der Waals surface area contributed by atoms with E-state index in [1.165, 1.54) is 0 Å². The molecule has 0 fully saturated rings. The van der Waals surface area contributed by atoms with Gasteiger partial charge in [-0.25, -0.2) is 4.98 Å². The number of anilines is 1. The number of nitrogens with zero attached hydrogens (tertiary/aromatic N) is 1. The Labute approximate surface area is 102 Å². The lowest BCUT2D eigenvalue weighted by atomic mass is 10.2. The molecule has 2 rings (SSSR count). The van der Waals surface area contributed by atoms with Crippen molar-refractivity contribution in [3.63, 3.8) is 0 Å². The van der Waals surface area contributed by atoms with Crippen LogP contribution in [0.5, 0.6) is 5.88 Å². The first-order chi connectivity index (χ1) is 7.77. The number of benzene rings is 1. The van der Waals surface area contributed by atoms with E-state index >= 15 is 0 Å². The van der Waals surface area contributed by atoms with Crippen molar-refractivity contribution in [3.8, 4) is 5.88 Å². The predicted octanol–water partition coefficient (Wildman–Crippen LogP) is 3.01. The van der Waals surface area contributed by atoms with E-state index in [9.17, 15) is 0 Å². The van der Waals surface area contributed by atoms with Gasteiger partial charge in [-0.15, -0.1) is 0 Å². The van der Waals surface area contributed by atoms with Crippen molar-refractivity contribution in [2.24, 2.45) is 0 Å². The van der Waals surface area contributed by atoms with Gasteiger partial charge in [0.1, 0.15) is 6.61 Å². The standard InChI is InChI=1S/C12H11BrN2O/c13-10-5-2-1-4-9(10)8-16-12-11(14)6-3-7-15-12/h1-7H,8,14H2. The number of pyridine rings is 1. The summed E-state index contributed by atoms with van der Waals surface area (Å²) < 4.78 is 6.56. The Balaban J connectivity index is 2.09. The van der Waals surface area contributed by atoms with Crippen molar-refractivity contribution in [2.45, 2.75) is 6.61 Å². The number of hydrogen-bond acceptors (Lipinski definition) is 3. The summed E-state index contributed by atoms with van der Waals surface area (Å²) in [4.78, 5) is 4.06. The maximum atomic E-state index is 5.72. The van der Waals surface area contributed by atoms with E-state index in [1.807, 2.05) is 24.3 Å². The highest BCUT2D eigenvalue weighted by atomic mass is 79.9. The molecule has 0 aliphatic rings. The van der Waals surface area contributed by atoms with Gasteiger partial charge in [0, 0.05) is 16.2 Å². The maximum Gasteiger partial charge on any atom is 0.237 e. The highest BCUT2D eigenvalue weighted by molar-refractivity contribution is 9.10. The molecule has 0 unspecified atom stereocenters. The van der Waals surface area contributed by atoms with Crippen LogP contribution in [0, 0.1) is 0 Å². The number of hydrogen-bond donors (Lipinski definition) is 1. The molecule has 0 spiro atoms. The summed E-state index contributed by atoms with van der Waals surface area (Å²) in [6, 6.07) is 11.4. The molecule has 0 bridgehead atoms. The molecule has 0 saturated carbocycles. The van der Waals surface area contributed by atoms with Gasteiger partial charge < -0.3 is 10.5 Å². The second-order valence-electron chi connectivity index (χ2n) is 3.28. The Kier molecular flexibility index (Phi) is 3.41. The number of rotatable bonds is 3. The van der Waals surface area contributed by atoms with Crippen LogP contribution in [0.15, 0.2) is 47.1 Å². The fourth-order valence-corrected chi connectivity index (χ4v) is 1.68. The fourth-order valence-electron chi connectivity index (χ4n) is 1.29. The molecule has 1 aromatic carbocycles. The van der Waals surface area contributed by atoms with E-state index in [2.05, 4.69) is 20.9 Å². The first-order valence-corrected chi connectivity index (χ1v) is 5.63. The highest BCUT2D eigenvalue weighted by Crippen LogP contribution is 2.21. The van der Waals surface area contributed by atoms with E-state index in [1.54, 1.807) is 18.3 Å². The third kappa shape index (κ3) is 2.52. The van der Waals surface area contributed by atoms with Crippen molar-refractivity contribution >= 4 is 21.6 Å². The second-order valence-corrected chi connectivity index (χ2v) is 4.13. The van der Waals surface area contributed by atoms with Gasteiger partial charge in [0.05, 0.1) is 5.69 Å². The number of ether oxygens (including phenoxy) is 1. The van der Waals surface area contributed by atoms with E-state index in [0.29, 0.717) is 18.2 Å². The smallest absolute Gasteiger partial charge is 0.237 e. The molecule has 0 aliphatic carbocycles. The van der Waals surface area contributed by atoms with Gasteiger partial charge in [0.25, 0.3) is 0 Å². The Hall–Kier alpha value is -1.55. The minimum absolute atomic E-state index is 0.447. The molecular formula is C12H11BrN2O. The maximum absolute atomic E-state index is 5.72. The van der Waals surface area contributed by atoms with Gasteiger partial charge in [-0.3, -0.25) is 0 Å². The Morgan fingerprint density at radius 1 is 1.19 bits per heavy atom. The minimum atomic E-state index is 0.447. The SMILES string of the molecule is Nc1cccnc1OCc1ccccc1Br. The number of nitrogen functional groups attached to an aromatic ring is 1. The van der Waals surface area contributed by atoms with Crippen LogP contribution in [0.25, 0.3) is 0 Å². The lowest BCUT2D eigenvalue weighted by Crippen LogP contribution is -2.00. The van der Waals surface area contributed by atoms with Crippen LogP contribution in [0.3, 0.4) is 0 Å². The van der Waals surface area contributed by atoms with Crippen molar-refractivity contribution in [1.29, 1.82) is 0 Å². The summed E-state index contributed by atoms with van der Waals surface area (Å²) in [5.74, 6) is 0.471. The second kappa shape index (κ2) is 4.99. The topological polar surface area (TPSA) is 48.1 Å². The van der Waals surface area contributed by atoms with Gasteiger partial charge in [0.2, 0.25) is 5.88 Å². The molecular weight excluding hydrogens is 268 g/mol. The summed E-state index contributed by atoms with van der Waals surface area (Å²) in [5.41, 5.74) is 7.34. The van der Waals surface area contributed by atoms with Crippen LogP contribution in [0.1, 0.15) is 5.56 Å². The molecule has 2 aromatic rings. The monoisotopic (exact) mass is 278 g/mol. The molecule has 16 heavy (non-hydrogen) atoms. The first-order valence-electron chi connectivity index (χ1n) is 4.84. The van der Waals surface area contributed by atoms with E-state index in [-0.39, 0.29) is 0 Å². The van der Waals surface area contributed by atoms with Gasteiger partial charge in [-0.05, 0) is 18.2 Å². The molecule has 0 radical (unpaired) electrons. The highest BCUT2D eigenvalue weighted by Gasteiger charge is 2.03. The summed E-state index contributed by atoms with van der Waals surface area (Å²) in [6.07, 6.45) is 1.66. The molecule has 2 N–H and O–H groups in total. The third-order valence-electron chi connectivity index (χ3n) is 2.12. The van der Waals surface area contributed by atoms with Crippen molar-refractivity contribution in [2.75, 3.05) is 5.73 Å². The summed E-state index contributed by atoms with van der Waals surface area (Å²) in [6.45, 7) is 0.447. The lowest BCUT2D eigenvalue weighted by Gasteiger charge is -2.08. The number of nitrogens with two attached hydrogens (primary N) is 1. The molecule has 0 amide bonds. The fraction of sp³-hybridized carbons (Fsp3) is 0.0833. The number of halogens is 1. The number of aromatic nitrogens is 1. The van der Waals surface area contributed by atoms with Crippen molar-refractivity contribution < 1.29 is 4.74 Å². The van der Waals surface area contributed by atoms with Gasteiger partial charge in [-0.1, -0.05) is 34.1 Å². The molecule has 4 heteroatoms.